The molecule has 0 bridgehead atoms. The Morgan fingerprint density at radius 1 is 1.67 bits per heavy atom. The van der Waals surface area contributed by atoms with E-state index in [2.05, 4.69) is 4.98 Å². The van der Waals surface area contributed by atoms with Gasteiger partial charge >= 0.3 is 5.97 Å². The van der Waals surface area contributed by atoms with E-state index in [1.54, 1.807) is 13.8 Å². The summed E-state index contributed by atoms with van der Waals surface area (Å²) in [5.74, 6) is -1.19. The molecule has 64 valence electrons. The molecule has 0 spiro atoms. The van der Waals surface area contributed by atoms with E-state index in [9.17, 15) is 10.0 Å². The van der Waals surface area contributed by atoms with Gasteiger partial charge in [-0.2, -0.15) is 4.73 Å². The second-order valence-corrected chi connectivity index (χ2v) is 2.43. The number of aromatic carboxylic acids is 1. The lowest BCUT2D eigenvalue weighted by molar-refractivity contribution is -0.613. The summed E-state index contributed by atoms with van der Waals surface area (Å²) in [6, 6.07) is 0. The first-order chi connectivity index (χ1) is 5.52. The molecule has 1 rings (SSSR count). The molecule has 0 saturated carbocycles. The quantitative estimate of drug-likeness (QED) is 0.474. The summed E-state index contributed by atoms with van der Waals surface area (Å²) in [5, 5.41) is 19.5. The van der Waals surface area contributed by atoms with Crippen LogP contribution in [0.25, 0.3) is 0 Å². The fourth-order valence-corrected chi connectivity index (χ4v) is 0.761. The van der Waals surface area contributed by atoms with Gasteiger partial charge in [0.2, 0.25) is 17.6 Å². The first-order valence-corrected chi connectivity index (χ1v) is 3.33. The molecule has 0 amide bonds. The fraction of sp³-hybridized carbons (Fsp3) is 0.286. The van der Waals surface area contributed by atoms with Crippen molar-refractivity contribution in [2.24, 2.45) is 0 Å². The van der Waals surface area contributed by atoms with E-state index in [1.165, 1.54) is 0 Å². The highest BCUT2D eigenvalue weighted by atomic mass is 16.5. The van der Waals surface area contributed by atoms with E-state index >= 15 is 0 Å². The lowest BCUT2D eigenvalue weighted by atomic mass is 10.3. The molecule has 0 saturated heterocycles. The van der Waals surface area contributed by atoms with Crippen molar-refractivity contribution in [2.45, 2.75) is 13.8 Å². The highest BCUT2D eigenvalue weighted by molar-refractivity contribution is 5.84. The molecular weight excluding hydrogens is 160 g/mol. The molecule has 5 nitrogen and oxygen atoms in total. The van der Waals surface area contributed by atoms with Crippen LogP contribution in [-0.4, -0.2) is 16.1 Å². The molecule has 0 fully saturated rings. The number of aromatic nitrogens is 2. The molecule has 0 unspecified atom stereocenters. The van der Waals surface area contributed by atoms with Gasteiger partial charge in [-0.15, -0.1) is 0 Å². The first-order valence-electron chi connectivity index (χ1n) is 3.33. The normalized spacial score (nSPS) is 9.83. The highest BCUT2D eigenvalue weighted by Gasteiger charge is 2.13. The van der Waals surface area contributed by atoms with Crippen LogP contribution in [0.2, 0.25) is 0 Å². The third-order valence-corrected chi connectivity index (χ3v) is 1.60. The lowest BCUT2D eigenvalue weighted by Crippen LogP contribution is -2.33. The summed E-state index contributed by atoms with van der Waals surface area (Å²) in [4.78, 5) is 14.1. The van der Waals surface area contributed by atoms with Crippen molar-refractivity contribution in [3.05, 3.63) is 28.5 Å². The van der Waals surface area contributed by atoms with Crippen molar-refractivity contribution in [3.63, 3.8) is 0 Å². The van der Waals surface area contributed by atoms with Crippen LogP contribution in [0.5, 0.6) is 0 Å². The van der Waals surface area contributed by atoms with Crippen LogP contribution in [0.1, 0.15) is 21.9 Å². The van der Waals surface area contributed by atoms with E-state index in [0.29, 0.717) is 16.1 Å². The topological polar surface area (TPSA) is 77.1 Å². The summed E-state index contributed by atoms with van der Waals surface area (Å²) < 4.78 is 0.506. The Morgan fingerprint density at radius 2 is 2.25 bits per heavy atom. The molecular formula is C7H8N2O3. The van der Waals surface area contributed by atoms with Crippen molar-refractivity contribution in [1.82, 2.24) is 4.98 Å². The SMILES string of the molecule is Cc1nc(C(=O)O)c[n+]([O-])c1C. The Hall–Kier alpha value is -1.65. The van der Waals surface area contributed by atoms with Crippen molar-refractivity contribution >= 4 is 5.97 Å². The van der Waals surface area contributed by atoms with Gasteiger partial charge in [0.25, 0.3) is 0 Å². The van der Waals surface area contributed by atoms with Gasteiger partial charge in [-0.3, -0.25) is 0 Å². The Labute approximate surface area is 68.9 Å². The first kappa shape index (κ1) is 8.45. The van der Waals surface area contributed by atoms with Gasteiger partial charge in [-0.25, -0.2) is 9.78 Å². The number of nitrogens with zero attached hydrogens (tertiary/aromatic N) is 2. The molecule has 1 N–H and O–H groups in total. The number of carboxylic acids is 1. The molecule has 1 heterocycles. The number of hydrogen-bond donors (Lipinski definition) is 1. The average Bonchev–Trinajstić information content (AvgIpc) is 1.99. The molecule has 0 aliphatic heterocycles. The minimum Gasteiger partial charge on any atom is -0.618 e. The molecule has 1 aromatic heterocycles. The maximum absolute atomic E-state index is 11.0. The molecule has 12 heavy (non-hydrogen) atoms. The predicted molar refractivity (Wildman–Crippen MR) is 39.6 cm³/mol. The van der Waals surface area contributed by atoms with Crippen molar-refractivity contribution < 1.29 is 14.6 Å². The molecule has 0 aromatic carbocycles. The summed E-state index contributed by atoms with van der Waals surface area (Å²) in [6.45, 7) is 3.18. The van der Waals surface area contributed by atoms with E-state index in [-0.39, 0.29) is 5.69 Å². The second-order valence-electron chi connectivity index (χ2n) is 2.43. The van der Waals surface area contributed by atoms with Gasteiger partial charge in [-0.05, 0) is 6.92 Å². The number of aryl methyl sites for hydroxylation is 1. The Bertz CT molecular complexity index is 312. The zero-order chi connectivity index (χ0) is 9.30. The van der Waals surface area contributed by atoms with Crippen molar-refractivity contribution in [1.29, 1.82) is 0 Å². The summed E-state index contributed by atoms with van der Waals surface area (Å²) in [7, 11) is 0. The van der Waals surface area contributed by atoms with E-state index < -0.39 is 5.97 Å². The third kappa shape index (κ3) is 1.34. The van der Waals surface area contributed by atoms with Crippen LogP contribution >= 0.6 is 0 Å². The van der Waals surface area contributed by atoms with Gasteiger partial charge in [0.1, 0.15) is 5.69 Å². The van der Waals surface area contributed by atoms with Crippen LogP contribution in [0.4, 0.5) is 0 Å². The Morgan fingerprint density at radius 3 is 2.67 bits per heavy atom. The fourth-order valence-electron chi connectivity index (χ4n) is 0.761. The largest absolute Gasteiger partial charge is 0.618 e. The van der Waals surface area contributed by atoms with Gasteiger partial charge in [0, 0.05) is 6.92 Å². The Kier molecular flexibility index (Phi) is 1.95. The minimum atomic E-state index is -1.19. The van der Waals surface area contributed by atoms with Gasteiger partial charge in [-0.1, -0.05) is 0 Å². The predicted octanol–water partition coefficient (Wildman–Crippen LogP) is 0.0300. The van der Waals surface area contributed by atoms with Crippen LogP contribution in [0.15, 0.2) is 6.20 Å². The van der Waals surface area contributed by atoms with Crippen LogP contribution < -0.4 is 4.73 Å². The zero-order valence-electron chi connectivity index (χ0n) is 6.74. The summed E-state index contributed by atoms with van der Waals surface area (Å²) in [5.41, 5.74) is 0.623. The molecule has 0 aliphatic carbocycles. The molecule has 0 atom stereocenters. The molecule has 0 aliphatic rings. The third-order valence-electron chi connectivity index (χ3n) is 1.60. The number of carboxylic acid groups (broad SMARTS) is 1. The van der Waals surface area contributed by atoms with Crippen molar-refractivity contribution in [2.75, 3.05) is 0 Å². The van der Waals surface area contributed by atoms with Crippen LogP contribution in [-0.2, 0) is 0 Å². The number of carbonyl (C=O) groups is 1. The van der Waals surface area contributed by atoms with Gasteiger partial charge in [0.15, 0.2) is 0 Å². The van der Waals surface area contributed by atoms with Gasteiger partial charge < -0.3 is 10.3 Å². The van der Waals surface area contributed by atoms with Gasteiger partial charge in [0.05, 0.1) is 0 Å². The monoisotopic (exact) mass is 168 g/mol. The highest BCUT2D eigenvalue weighted by Crippen LogP contribution is 1.98. The standard InChI is InChI=1S/C7H8N2O3/c1-4-5(2)9(12)3-6(8-4)7(10)11/h3H,1-2H3,(H,10,11). The molecule has 0 radical (unpaired) electrons. The molecule has 1 aromatic rings. The van der Waals surface area contributed by atoms with E-state index in [0.717, 1.165) is 6.20 Å². The second kappa shape index (κ2) is 2.77. The zero-order valence-corrected chi connectivity index (χ0v) is 6.74. The maximum Gasteiger partial charge on any atom is 0.360 e. The van der Waals surface area contributed by atoms with E-state index in [1.807, 2.05) is 0 Å². The lowest BCUT2D eigenvalue weighted by Gasteiger charge is -2.02. The smallest absolute Gasteiger partial charge is 0.360 e. The minimum absolute atomic E-state index is 0.229. The number of hydrogen-bond acceptors (Lipinski definition) is 3. The van der Waals surface area contributed by atoms with E-state index in [4.69, 9.17) is 5.11 Å². The number of rotatable bonds is 1. The summed E-state index contributed by atoms with van der Waals surface area (Å²) >= 11 is 0. The molecule has 5 heteroatoms. The Balaban J connectivity index is 3.31. The summed E-state index contributed by atoms with van der Waals surface area (Å²) in [6.07, 6.45) is 0.949. The van der Waals surface area contributed by atoms with Crippen molar-refractivity contribution in [3.8, 4) is 0 Å². The van der Waals surface area contributed by atoms with Crippen LogP contribution in [0.3, 0.4) is 0 Å². The average molecular weight is 168 g/mol. The maximum atomic E-state index is 11.0. The van der Waals surface area contributed by atoms with Crippen LogP contribution in [0, 0.1) is 19.1 Å².